The van der Waals surface area contributed by atoms with Crippen LogP contribution in [0, 0.1) is 0 Å². The van der Waals surface area contributed by atoms with Crippen LogP contribution in [0.4, 0.5) is 0 Å². The van der Waals surface area contributed by atoms with Gasteiger partial charge in [0.1, 0.15) is 0 Å². The highest BCUT2D eigenvalue weighted by Gasteiger charge is 2.16. The Balaban J connectivity index is 1.76. The second kappa shape index (κ2) is 8.80. The molecule has 0 radical (unpaired) electrons. The Hall–Kier alpha value is -1.53. The second-order valence-electron chi connectivity index (χ2n) is 5.12. The minimum atomic E-state index is -0.320. The van der Waals surface area contributed by atoms with Gasteiger partial charge in [-0.2, -0.15) is 11.8 Å². The monoisotopic (exact) mass is 322 g/mol. The lowest BCUT2D eigenvalue weighted by Gasteiger charge is -2.22. The Morgan fingerprint density at radius 1 is 1.36 bits per heavy atom. The number of carbonyl (C=O) groups is 2. The highest BCUT2D eigenvalue weighted by atomic mass is 32.2. The number of esters is 1. The highest BCUT2D eigenvalue weighted by molar-refractivity contribution is 7.99. The number of amides is 1. The molecule has 1 unspecified atom stereocenters. The lowest BCUT2D eigenvalue weighted by molar-refractivity contribution is -0.121. The number of carbonyl (C=O) groups excluding carboxylic acids is 2. The van der Waals surface area contributed by atoms with Gasteiger partial charge in [-0.25, -0.2) is 4.79 Å². The van der Waals surface area contributed by atoms with E-state index >= 15 is 0 Å². The zero-order valence-corrected chi connectivity index (χ0v) is 13.6. The van der Waals surface area contributed by atoms with Crippen LogP contribution in [0.15, 0.2) is 24.3 Å². The normalized spacial score (nSPS) is 17.8. The van der Waals surface area contributed by atoms with Crippen molar-refractivity contribution in [1.82, 2.24) is 10.6 Å². The van der Waals surface area contributed by atoms with Gasteiger partial charge in [-0.15, -0.1) is 0 Å². The summed E-state index contributed by atoms with van der Waals surface area (Å²) < 4.78 is 4.93. The number of ether oxygens (including phenoxy) is 1. The van der Waals surface area contributed by atoms with Crippen molar-refractivity contribution in [1.29, 1.82) is 0 Å². The molecule has 0 aromatic heterocycles. The van der Waals surface area contributed by atoms with Crippen LogP contribution in [0.2, 0.25) is 0 Å². The van der Waals surface area contributed by atoms with Crippen molar-refractivity contribution in [3.63, 3.8) is 0 Å². The molecule has 120 valence electrons. The topological polar surface area (TPSA) is 67.4 Å². The first-order valence-electron chi connectivity index (χ1n) is 7.53. The first-order chi connectivity index (χ1) is 10.7. The summed E-state index contributed by atoms with van der Waals surface area (Å²) in [5, 5.41) is 6.26. The molecule has 1 fully saturated rings. The molecule has 0 bridgehead atoms. The molecule has 2 rings (SSSR count). The van der Waals surface area contributed by atoms with Crippen LogP contribution < -0.4 is 10.6 Å². The number of hydrogen-bond acceptors (Lipinski definition) is 5. The fourth-order valence-corrected chi connectivity index (χ4v) is 3.17. The highest BCUT2D eigenvalue weighted by Crippen LogP contribution is 2.10. The van der Waals surface area contributed by atoms with Crippen molar-refractivity contribution in [3.05, 3.63) is 35.4 Å². The Morgan fingerprint density at radius 2 is 2.14 bits per heavy atom. The number of hydrogen-bond donors (Lipinski definition) is 2. The number of thioether (sulfide) groups is 1. The number of nitrogens with one attached hydrogen (secondary N) is 2. The maximum absolute atomic E-state index is 11.9. The Kier molecular flexibility index (Phi) is 6.74. The number of rotatable bonds is 6. The summed E-state index contributed by atoms with van der Waals surface area (Å²) in [5.41, 5.74) is 1.49. The molecule has 1 aromatic rings. The molecule has 2 N–H and O–H groups in total. The molecule has 6 heteroatoms. The van der Waals surface area contributed by atoms with Crippen molar-refractivity contribution >= 4 is 23.6 Å². The molecule has 22 heavy (non-hydrogen) atoms. The lowest BCUT2D eigenvalue weighted by Crippen LogP contribution is -2.41. The largest absolute Gasteiger partial charge is 0.462 e. The fraction of sp³-hybridized carbons (Fsp3) is 0.500. The van der Waals surface area contributed by atoms with E-state index in [1.807, 2.05) is 23.9 Å². The third-order valence-corrected chi connectivity index (χ3v) is 4.52. The average molecular weight is 322 g/mol. The molecular weight excluding hydrogens is 300 g/mol. The van der Waals surface area contributed by atoms with Gasteiger partial charge in [0.05, 0.1) is 12.2 Å². The molecule has 0 spiro atoms. The summed E-state index contributed by atoms with van der Waals surface area (Å²) in [5.74, 6) is 1.83. The van der Waals surface area contributed by atoms with Crippen molar-refractivity contribution in [3.8, 4) is 0 Å². The van der Waals surface area contributed by atoms with E-state index in [0.29, 0.717) is 25.1 Å². The molecule has 5 nitrogen and oxygen atoms in total. The third-order valence-electron chi connectivity index (χ3n) is 3.38. The third kappa shape index (κ3) is 5.35. The molecule has 1 aliphatic rings. The molecule has 1 aromatic carbocycles. The maximum Gasteiger partial charge on any atom is 0.338 e. The van der Waals surface area contributed by atoms with Crippen LogP contribution in [0.1, 0.15) is 29.3 Å². The molecule has 1 atom stereocenters. The van der Waals surface area contributed by atoms with E-state index in [2.05, 4.69) is 10.6 Å². The van der Waals surface area contributed by atoms with Gasteiger partial charge in [0.2, 0.25) is 5.91 Å². The first kappa shape index (κ1) is 16.8. The van der Waals surface area contributed by atoms with E-state index in [9.17, 15) is 9.59 Å². The van der Waals surface area contributed by atoms with Gasteiger partial charge in [-0.05, 0) is 24.6 Å². The molecule has 1 amide bonds. The van der Waals surface area contributed by atoms with Crippen molar-refractivity contribution in [2.24, 2.45) is 0 Å². The average Bonchev–Trinajstić information content (AvgIpc) is 2.54. The van der Waals surface area contributed by atoms with Gasteiger partial charge < -0.3 is 15.4 Å². The summed E-state index contributed by atoms with van der Waals surface area (Å²) >= 11 is 1.88. The van der Waals surface area contributed by atoms with Gasteiger partial charge in [0, 0.05) is 37.1 Å². The minimum absolute atomic E-state index is 0.0504. The molecule has 1 aliphatic heterocycles. The minimum Gasteiger partial charge on any atom is -0.462 e. The van der Waals surface area contributed by atoms with Gasteiger partial charge >= 0.3 is 5.97 Å². The van der Waals surface area contributed by atoms with E-state index in [1.165, 1.54) is 0 Å². The second-order valence-corrected chi connectivity index (χ2v) is 6.27. The zero-order valence-electron chi connectivity index (χ0n) is 12.8. The SMILES string of the molecule is CCOC(=O)c1ccc(CNC(=O)CC2CSCCN2)cc1. The predicted octanol–water partition coefficient (Wildman–Crippen LogP) is 1.57. The zero-order chi connectivity index (χ0) is 15.8. The van der Waals surface area contributed by atoms with E-state index < -0.39 is 0 Å². The summed E-state index contributed by atoms with van der Waals surface area (Å²) in [6.07, 6.45) is 0.508. The van der Waals surface area contributed by atoms with Crippen LogP contribution in [0.25, 0.3) is 0 Å². The van der Waals surface area contributed by atoms with E-state index in [-0.39, 0.29) is 17.9 Å². The molecule has 0 aliphatic carbocycles. The van der Waals surface area contributed by atoms with Crippen molar-refractivity contribution in [2.75, 3.05) is 24.7 Å². The van der Waals surface area contributed by atoms with Gasteiger partial charge in [0.25, 0.3) is 0 Å². The van der Waals surface area contributed by atoms with Crippen molar-refractivity contribution < 1.29 is 14.3 Å². The smallest absolute Gasteiger partial charge is 0.338 e. The summed E-state index contributed by atoms with van der Waals surface area (Å²) in [6.45, 7) is 3.59. The van der Waals surface area contributed by atoms with Crippen molar-refractivity contribution in [2.45, 2.75) is 25.9 Å². The van der Waals surface area contributed by atoms with Gasteiger partial charge in [-0.1, -0.05) is 12.1 Å². The predicted molar refractivity (Wildman–Crippen MR) is 88.0 cm³/mol. The molecule has 1 saturated heterocycles. The maximum atomic E-state index is 11.9. The van der Waals surface area contributed by atoms with Crippen LogP contribution in [0.3, 0.4) is 0 Å². The Labute approximate surface area is 135 Å². The summed E-state index contributed by atoms with van der Waals surface area (Å²) in [7, 11) is 0. The van der Waals surface area contributed by atoms with E-state index in [0.717, 1.165) is 23.6 Å². The Morgan fingerprint density at radius 3 is 2.77 bits per heavy atom. The van der Waals surface area contributed by atoms with E-state index in [4.69, 9.17) is 4.74 Å². The van der Waals surface area contributed by atoms with Crippen LogP contribution in [-0.4, -0.2) is 42.6 Å². The lowest BCUT2D eigenvalue weighted by atomic mass is 10.1. The van der Waals surface area contributed by atoms with E-state index in [1.54, 1.807) is 19.1 Å². The van der Waals surface area contributed by atoms with Gasteiger partial charge in [0.15, 0.2) is 0 Å². The first-order valence-corrected chi connectivity index (χ1v) is 8.68. The standard InChI is InChI=1S/C16H22N2O3S/c1-2-21-16(20)13-5-3-12(4-6-13)10-18-15(19)9-14-11-22-8-7-17-14/h3-6,14,17H,2,7-11H2,1H3,(H,18,19). The molecular formula is C16H22N2O3S. The quantitative estimate of drug-likeness (QED) is 0.778. The molecule has 1 heterocycles. The fourth-order valence-electron chi connectivity index (χ4n) is 2.22. The Bertz CT molecular complexity index is 499. The van der Waals surface area contributed by atoms with Gasteiger partial charge in [-0.3, -0.25) is 4.79 Å². The van der Waals surface area contributed by atoms with Crippen LogP contribution in [0.5, 0.6) is 0 Å². The van der Waals surface area contributed by atoms with Crippen LogP contribution in [-0.2, 0) is 16.1 Å². The number of benzene rings is 1. The molecule has 0 saturated carbocycles. The summed E-state index contributed by atoms with van der Waals surface area (Å²) in [4.78, 5) is 23.5. The summed E-state index contributed by atoms with van der Waals surface area (Å²) in [6, 6.07) is 7.38. The van der Waals surface area contributed by atoms with Crippen LogP contribution >= 0.6 is 11.8 Å².